The number of halogens is 2. The summed E-state index contributed by atoms with van der Waals surface area (Å²) in [7, 11) is 0. The molecular formula is C18H14F2N2OS. The van der Waals surface area contributed by atoms with Gasteiger partial charge in [-0.25, -0.2) is 13.8 Å². The van der Waals surface area contributed by atoms with Crippen molar-refractivity contribution in [3.05, 3.63) is 70.8 Å². The predicted octanol–water partition coefficient (Wildman–Crippen LogP) is 4.02. The lowest BCUT2D eigenvalue weighted by Gasteiger charge is -2.31. The number of thioether (sulfide) groups is 1. The van der Waals surface area contributed by atoms with E-state index in [1.165, 1.54) is 23.7 Å². The Hall–Kier alpha value is -2.21. The maximum Gasteiger partial charge on any atom is 0.241 e. The molecule has 122 valence electrons. The molecule has 0 fully saturated rings. The van der Waals surface area contributed by atoms with Gasteiger partial charge in [0.1, 0.15) is 21.5 Å². The van der Waals surface area contributed by atoms with Gasteiger partial charge in [-0.15, -0.1) is 0 Å². The number of aryl methyl sites for hydroxylation is 1. The zero-order valence-electron chi connectivity index (χ0n) is 12.9. The lowest BCUT2D eigenvalue weighted by molar-refractivity contribution is -0.132. The Kier molecular flexibility index (Phi) is 3.46. The Balaban J connectivity index is 1.83. The van der Waals surface area contributed by atoms with Crippen molar-refractivity contribution in [1.29, 1.82) is 0 Å². The molecule has 3 nitrogen and oxygen atoms in total. The van der Waals surface area contributed by atoms with Crippen LogP contribution in [-0.2, 0) is 16.1 Å². The molecule has 1 aliphatic carbocycles. The Morgan fingerprint density at radius 2 is 2.04 bits per heavy atom. The van der Waals surface area contributed by atoms with Gasteiger partial charge in [0.2, 0.25) is 5.91 Å². The van der Waals surface area contributed by atoms with Crippen molar-refractivity contribution >= 4 is 22.7 Å². The fourth-order valence-electron chi connectivity index (χ4n) is 3.37. The van der Waals surface area contributed by atoms with Crippen molar-refractivity contribution in [3.63, 3.8) is 0 Å². The number of carbonyl (C=O) groups is 1. The number of hydrazone groups is 1. The lowest BCUT2D eigenvalue weighted by Crippen LogP contribution is -2.38. The summed E-state index contributed by atoms with van der Waals surface area (Å²) in [4.78, 5) is 11.5. The number of hydrogen-bond donors (Lipinski definition) is 0. The topological polar surface area (TPSA) is 32.7 Å². The van der Waals surface area contributed by atoms with Crippen LogP contribution in [0.4, 0.5) is 8.78 Å². The van der Waals surface area contributed by atoms with E-state index < -0.39 is 16.5 Å². The predicted molar refractivity (Wildman–Crippen MR) is 89.4 cm³/mol. The van der Waals surface area contributed by atoms with Crippen molar-refractivity contribution in [3.8, 4) is 0 Å². The van der Waals surface area contributed by atoms with Gasteiger partial charge in [-0.05, 0) is 42.2 Å². The summed E-state index contributed by atoms with van der Waals surface area (Å²) in [5.41, 5.74) is 2.26. The van der Waals surface area contributed by atoms with E-state index in [0.717, 1.165) is 35.7 Å². The highest BCUT2D eigenvalue weighted by Crippen LogP contribution is 2.54. The molecule has 1 unspecified atom stereocenters. The third-order valence-electron chi connectivity index (χ3n) is 4.43. The molecule has 24 heavy (non-hydrogen) atoms. The Morgan fingerprint density at radius 3 is 2.83 bits per heavy atom. The monoisotopic (exact) mass is 344 g/mol. The molecule has 6 heteroatoms. The molecule has 1 aliphatic heterocycles. The number of benzene rings is 2. The van der Waals surface area contributed by atoms with Gasteiger partial charge in [0.05, 0.1) is 0 Å². The lowest BCUT2D eigenvalue weighted by atomic mass is 10.1. The van der Waals surface area contributed by atoms with Gasteiger partial charge in [-0.2, -0.15) is 5.10 Å². The first kappa shape index (κ1) is 15.3. The molecule has 4 rings (SSSR count). The molecule has 1 atom stereocenters. The number of rotatable bonds is 1. The first-order valence-corrected chi connectivity index (χ1v) is 8.45. The van der Waals surface area contributed by atoms with E-state index in [2.05, 4.69) is 5.10 Å². The molecule has 0 saturated carbocycles. The number of hydrogen-bond acceptors (Lipinski definition) is 3. The molecule has 2 aromatic rings. The minimum Gasteiger partial charge on any atom is -0.273 e. The fraction of sp³-hybridized carbons (Fsp3) is 0.222. The van der Waals surface area contributed by atoms with Crippen LogP contribution in [0, 0.1) is 11.6 Å². The average molecular weight is 344 g/mol. The van der Waals surface area contributed by atoms with Crippen LogP contribution in [0.25, 0.3) is 0 Å². The van der Waals surface area contributed by atoms with E-state index in [1.54, 1.807) is 0 Å². The summed E-state index contributed by atoms with van der Waals surface area (Å²) in [5, 5.41) is 6.10. The van der Waals surface area contributed by atoms with Crippen molar-refractivity contribution < 1.29 is 13.6 Å². The van der Waals surface area contributed by atoms with E-state index in [0.29, 0.717) is 11.5 Å². The van der Waals surface area contributed by atoms with Crippen LogP contribution in [0.2, 0.25) is 0 Å². The first-order valence-electron chi connectivity index (χ1n) is 7.63. The smallest absolute Gasteiger partial charge is 0.241 e. The second-order valence-electron chi connectivity index (χ2n) is 5.90. The van der Waals surface area contributed by atoms with E-state index in [9.17, 15) is 13.6 Å². The van der Waals surface area contributed by atoms with Gasteiger partial charge in [0, 0.05) is 12.5 Å². The second-order valence-corrected chi connectivity index (χ2v) is 7.17. The van der Waals surface area contributed by atoms with Gasteiger partial charge in [-0.3, -0.25) is 4.79 Å². The molecular weight excluding hydrogens is 330 g/mol. The standard InChI is InChI=1S/C18H14F2N2OS/c1-11(23)22-18(9-8-12-4-2-3-5-15(12)18)24-17(21-22)14-10-13(19)6-7-16(14)20/h2-7,10H,8-9H2,1H3. The van der Waals surface area contributed by atoms with Gasteiger partial charge in [0.25, 0.3) is 0 Å². The highest BCUT2D eigenvalue weighted by atomic mass is 32.2. The third kappa shape index (κ3) is 2.17. The average Bonchev–Trinajstić information content (AvgIpc) is 3.13. The summed E-state index contributed by atoms with van der Waals surface area (Å²) in [6, 6.07) is 11.2. The van der Waals surface area contributed by atoms with Crippen LogP contribution in [-0.4, -0.2) is 16.0 Å². The van der Waals surface area contributed by atoms with E-state index in [1.807, 2.05) is 24.3 Å². The maximum absolute atomic E-state index is 14.2. The fourth-order valence-corrected chi connectivity index (χ4v) is 4.85. The summed E-state index contributed by atoms with van der Waals surface area (Å²) in [5.74, 6) is -1.29. The van der Waals surface area contributed by atoms with Crippen molar-refractivity contribution in [2.75, 3.05) is 0 Å². The quantitative estimate of drug-likeness (QED) is 0.783. The van der Waals surface area contributed by atoms with Crippen molar-refractivity contribution in [2.24, 2.45) is 5.10 Å². The van der Waals surface area contributed by atoms with Crippen LogP contribution in [0.3, 0.4) is 0 Å². The second kappa shape index (κ2) is 5.41. The maximum atomic E-state index is 14.2. The molecule has 2 aliphatic rings. The summed E-state index contributed by atoms with van der Waals surface area (Å²) in [6.45, 7) is 1.44. The molecule has 0 radical (unpaired) electrons. The van der Waals surface area contributed by atoms with Crippen LogP contribution < -0.4 is 0 Å². The summed E-state index contributed by atoms with van der Waals surface area (Å²) >= 11 is 1.32. The molecule has 0 aromatic heterocycles. The highest BCUT2D eigenvalue weighted by molar-refractivity contribution is 8.15. The van der Waals surface area contributed by atoms with E-state index in [-0.39, 0.29) is 11.5 Å². The number of fused-ring (bicyclic) bond motifs is 2. The number of carbonyl (C=O) groups excluding carboxylic acids is 1. The van der Waals surface area contributed by atoms with E-state index in [4.69, 9.17) is 0 Å². The van der Waals surface area contributed by atoms with Gasteiger partial charge in [0.15, 0.2) is 0 Å². The molecule has 0 N–H and O–H groups in total. The first-order chi connectivity index (χ1) is 11.5. The Morgan fingerprint density at radius 1 is 1.25 bits per heavy atom. The summed E-state index contributed by atoms with van der Waals surface area (Å²) < 4.78 is 27.7. The van der Waals surface area contributed by atoms with Crippen molar-refractivity contribution in [1.82, 2.24) is 5.01 Å². The zero-order valence-corrected chi connectivity index (χ0v) is 13.7. The normalized spacial score (nSPS) is 22.0. The minimum absolute atomic E-state index is 0.0903. The molecule has 2 aromatic carbocycles. The SMILES string of the molecule is CC(=O)N1N=C(c2cc(F)ccc2F)SC12CCc1ccccc12. The minimum atomic E-state index is -0.670. The largest absolute Gasteiger partial charge is 0.273 e. The molecule has 0 saturated heterocycles. The van der Waals surface area contributed by atoms with Crippen molar-refractivity contribution in [2.45, 2.75) is 24.6 Å². The van der Waals surface area contributed by atoms with Gasteiger partial charge in [-0.1, -0.05) is 36.0 Å². The van der Waals surface area contributed by atoms with Gasteiger partial charge >= 0.3 is 0 Å². The van der Waals surface area contributed by atoms with Gasteiger partial charge < -0.3 is 0 Å². The van der Waals surface area contributed by atoms with Crippen LogP contribution in [0.15, 0.2) is 47.6 Å². The number of amides is 1. The van der Waals surface area contributed by atoms with E-state index >= 15 is 0 Å². The Labute approximate surface area is 142 Å². The Bertz CT molecular complexity index is 883. The third-order valence-corrected chi connectivity index (χ3v) is 5.86. The number of nitrogens with zero attached hydrogens (tertiary/aromatic N) is 2. The van der Waals surface area contributed by atoms with Crippen LogP contribution in [0.5, 0.6) is 0 Å². The van der Waals surface area contributed by atoms with Crippen LogP contribution in [0.1, 0.15) is 30.0 Å². The van der Waals surface area contributed by atoms with Crippen LogP contribution >= 0.6 is 11.8 Å². The molecule has 1 amide bonds. The highest BCUT2D eigenvalue weighted by Gasteiger charge is 2.51. The molecule has 1 heterocycles. The molecule has 0 bridgehead atoms. The zero-order chi connectivity index (χ0) is 16.9. The molecule has 1 spiro atoms. The summed E-state index contributed by atoms with van der Waals surface area (Å²) in [6.07, 6.45) is 1.52.